The minimum atomic E-state index is -0.506. The monoisotopic (exact) mass is 577 g/mol. The fraction of sp³-hybridized carbons (Fsp3) is 0.400. The van der Waals surface area contributed by atoms with Crippen LogP contribution in [-0.4, -0.2) is 75.5 Å². The van der Waals surface area contributed by atoms with Gasteiger partial charge in [-0.15, -0.1) is 0 Å². The van der Waals surface area contributed by atoms with Crippen LogP contribution in [0.2, 0.25) is 0 Å². The lowest BCUT2D eigenvalue weighted by molar-refractivity contribution is -0.117. The van der Waals surface area contributed by atoms with Crippen LogP contribution in [-0.2, 0) is 11.2 Å². The number of halogens is 1. The maximum absolute atomic E-state index is 14.3. The molecule has 12 heteroatoms. The zero-order valence-electron chi connectivity index (χ0n) is 23.6. The Morgan fingerprint density at radius 3 is 2.88 bits per heavy atom. The first-order valence-electron chi connectivity index (χ1n) is 14.2. The zero-order valence-corrected chi connectivity index (χ0v) is 23.6. The number of hydrogen-bond donors (Lipinski definition) is 3. The van der Waals surface area contributed by atoms with E-state index in [4.69, 9.17) is 15.2 Å². The van der Waals surface area contributed by atoms with Gasteiger partial charge in [0.05, 0.1) is 31.3 Å². The molecule has 1 atom stereocenters. The highest BCUT2D eigenvalue weighted by Crippen LogP contribution is 2.40. The van der Waals surface area contributed by atoms with Gasteiger partial charge in [0, 0.05) is 42.4 Å². The Bertz CT molecular complexity index is 1510. The molecule has 222 valence electrons. The first-order valence-corrected chi connectivity index (χ1v) is 14.2. The van der Waals surface area contributed by atoms with Crippen molar-refractivity contribution >= 4 is 34.1 Å². The molecule has 1 aliphatic rings. The number of carbonyl (C=O) groups excluding carboxylic acids is 1. The second-order valence-electron chi connectivity index (χ2n) is 10.3. The topological polar surface area (TPSA) is 143 Å². The number of aliphatic hydroxyl groups is 1. The summed E-state index contributed by atoms with van der Waals surface area (Å²) >= 11 is 0. The first kappa shape index (κ1) is 29.2. The Labute approximate surface area is 243 Å². The van der Waals surface area contributed by atoms with Gasteiger partial charge >= 0.3 is 0 Å². The number of methoxy groups -OCH3 is 1. The molecule has 5 rings (SSSR count). The molecule has 2 aromatic heterocycles. The molecule has 2 aromatic carbocycles. The van der Waals surface area contributed by atoms with Crippen molar-refractivity contribution in [3.05, 3.63) is 60.3 Å². The number of anilines is 3. The van der Waals surface area contributed by atoms with E-state index in [9.17, 15) is 14.3 Å². The second-order valence-corrected chi connectivity index (χ2v) is 10.3. The number of fused-ring (bicyclic) bond motifs is 1. The van der Waals surface area contributed by atoms with Crippen LogP contribution in [0.25, 0.3) is 10.9 Å². The maximum atomic E-state index is 14.3. The quantitative estimate of drug-likeness (QED) is 0.201. The SMILES string of the molecule is COc1cc2c(N(c3cccc(F)c3)c3cc(CC(N)=O)[nH]n3)ncnc2cc1OCCCN1CCCCC1CCO. The molecule has 1 unspecified atom stereocenters. The number of primary amides is 1. The Morgan fingerprint density at radius 1 is 1.21 bits per heavy atom. The number of hydrogen-bond acceptors (Lipinski definition) is 9. The molecule has 0 bridgehead atoms. The maximum Gasteiger partial charge on any atom is 0.223 e. The van der Waals surface area contributed by atoms with E-state index in [-0.39, 0.29) is 13.0 Å². The summed E-state index contributed by atoms with van der Waals surface area (Å²) in [5.74, 6) is 0.963. The number of carbonyl (C=O) groups is 1. The minimum Gasteiger partial charge on any atom is -0.493 e. The number of aromatic amines is 1. The highest BCUT2D eigenvalue weighted by molar-refractivity contribution is 5.96. The van der Waals surface area contributed by atoms with Crippen molar-refractivity contribution in [1.29, 1.82) is 0 Å². The van der Waals surface area contributed by atoms with Crippen molar-refractivity contribution in [1.82, 2.24) is 25.1 Å². The van der Waals surface area contributed by atoms with Crippen molar-refractivity contribution in [2.24, 2.45) is 5.73 Å². The van der Waals surface area contributed by atoms with E-state index < -0.39 is 11.7 Å². The van der Waals surface area contributed by atoms with E-state index in [2.05, 4.69) is 25.1 Å². The number of H-pyrrole nitrogens is 1. The molecule has 0 radical (unpaired) electrons. The third-order valence-corrected chi connectivity index (χ3v) is 7.45. The summed E-state index contributed by atoms with van der Waals surface area (Å²) in [7, 11) is 1.57. The molecule has 4 N–H and O–H groups in total. The summed E-state index contributed by atoms with van der Waals surface area (Å²) < 4.78 is 26.2. The Kier molecular flexibility index (Phi) is 9.45. The van der Waals surface area contributed by atoms with Crippen molar-refractivity contribution in [2.75, 3.05) is 38.3 Å². The first-order chi connectivity index (χ1) is 20.5. The van der Waals surface area contributed by atoms with Gasteiger partial charge in [0.25, 0.3) is 0 Å². The molecule has 1 aliphatic heterocycles. The standard InChI is InChI=1S/C30H36FN7O4/c1-41-26-17-24-25(18-27(26)42-13-5-11-37-10-3-2-7-22(37)9-12-39)33-19-34-30(24)38(23-8-4-6-20(31)14-23)29-16-21(35-36-29)15-28(32)40/h4,6,8,14,16-19,22,39H,2-3,5,7,9-13,15H2,1H3,(H2,32,40)(H,35,36). The molecule has 1 amide bonds. The number of amides is 1. The molecule has 11 nitrogen and oxygen atoms in total. The van der Waals surface area contributed by atoms with Crippen molar-refractivity contribution in [3.8, 4) is 11.5 Å². The van der Waals surface area contributed by atoms with Gasteiger partial charge < -0.3 is 25.2 Å². The van der Waals surface area contributed by atoms with E-state index in [1.165, 1.54) is 31.3 Å². The smallest absolute Gasteiger partial charge is 0.223 e. The minimum absolute atomic E-state index is 0.0249. The van der Waals surface area contributed by atoms with Crippen molar-refractivity contribution < 1.29 is 23.8 Å². The van der Waals surface area contributed by atoms with Gasteiger partial charge in [0.2, 0.25) is 5.91 Å². The van der Waals surface area contributed by atoms with Gasteiger partial charge in [-0.2, -0.15) is 5.10 Å². The predicted octanol–water partition coefficient (Wildman–Crippen LogP) is 4.00. The number of ether oxygens (including phenoxy) is 2. The van der Waals surface area contributed by atoms with Gasteiger partial charge in [0.1, 0.15) is 18.0 Å². The van der Waals surface area contributed by atoms with Crippen LogP contribution in [0.1, 0.15) is 37.8 Å². The fourth-order valence-electron chi connectivity index (χ4n) is 5.50. The van der Waals surface area contributed by atoms with Crippen LogP contribution in [0.5, 0.6) is 11.5 Å². The molecule has 4 aromatic rings. The van der Waals surface area contributed by atoms with E-state index in [1.807, 2.05) is 6.07 Å². The molecular weight excluding hydrogens is 541 g/mol. The summed E-state index contributed by atoms with van der Waals surface area (Å²) in [6.07, 6.45) is 6.55. The number of nitrogens with zero attached hydrogens (tertiary/aromatic N) is 5. The van der Waals surface area contributed by atoms with E-state index >= 15 is 0 Å². The van der Waals surface area contributed by atoms with Gasteiger partial charge in [-0.1, -0.05) is 12.5 Å². The lowest BCUT2D eigenvalue weighted by atomic mass is 9.99. The number of aromatic nitrogens is 4. The summed E-state index contributed by atoms with van der Waals surface area (Å²) in [6, 6.07) is 11.8. The van der Waals surface area contributed by atoms with Gasteiger partial charge in [-0.3, -0.25) is 14.8 Å². The van der Waals surface area contributed by atoms with Crippen LogP contribution < -0.4 is 20.1 Å². The van der Waals surface area contributed by atoms with E-state index in [0.717, 1.165) is 32.4 Å². The summed E-state index contributed by atoms with van der Waals surface area (Å²) in [5, 5.41) is 17.2. The fourth-order valence-corrected chi connectivity index (χ4v) is 5.50. The number of nitrogens with two attached hydrogens (primary N) is 1. The molecule has 0 aliphatic carbocycles. The number of nitrogens with one attached hydrogen (secondary N) is 1. The highest BCUT2D eigenvalue weighted by atomic mass is 19.1. The molecule has 1 saturated heterocycles. The van der Waals surface area contributed by atoms with E-state index in [0.29, 0.717) is 58.1 Å². The van der Waals surface area contributed by atoms with Crippen LogP contribution >= 0.6 is 0 Å². The lowest BCUT2D eigenvalue weighted by Crippen LogP contribution is -2.40. The number of aliphatic hydroxyl groups excluding tert-OH is 1. The molecule has 42 heavy (non-hydrogen) atoms. The van der Waals surface area contributed by atoms with Crippen LogP contribution in [0.4, 0.5) is 21.7 Å². The van der Waals surface area contributed by atoms with Crippen LogP contribution in [0.3, 0.4) is 0 Å². The van der Waals surface area contributed by atoms with Gasteiger partial charge in [-0.25, -0.2) is 14.4 Å². The number of likely N-dealkylation sites (tertiary alicyclic amines) is 1. The number of rotatable bonds is 13. The Hall–Kier alpha value is -4.29. The molecule has 0 saturated carbocycles. The third-order valence-electron chi connectivity index (χ3n) is 7.45. The second kappa shape index (κ2) is 13.6. The summed E-state index contributed by atoms with van der Waals surface area (Å²) in [6.45, 7) is 2.65. The number of benzene rings is 2. The van der Waals surface area contributed by atoms with Crippen molar-refractivity contribution in [3.63, 3.8) is 0 Å². The predicted molar refractivity (Wildman–Crippen MR) is 157 cm³/mol. The Morgan fingerprint density at radius 2 is 2.10 bits per heavy atom. The van der Waals surface area contributed by atoms with Crippen molar-refractivity contribution in [2.45, 2.75) is 44.6 Å². The zero-order chi connectivity index (χ0) is 29.5. The largest absolute Gasteiger partial charge is 0.493 e. The normalized spacial score (nSPS) is 15.5. The van der Waals surface area contributed by atoms with Gasteiger partial charge in [-0.05, 0) is 56.5 Å². The van der Waals surface area contributed by atoms with Crippen LogP contribution in [0, 0.1) is 5.82 Å². The average Bonchev–Trinajstić information content (AvgIpc) is 3.43. The third kappa shape index (κ3) is 6.77. The van der Waals surface area contributed by atoms with E-state index in [1.54, 1.807) is 36.3 Å². The molecule has 0 spiro atoms. The molecule has 3 heterocycles. The summed E-state index contributed by atoms with van der Waals surface area (Å²) in [5.41, 5.74) is 6.95. The van der Waals surface area contributed by atoms with Crippen LogP contribution in [0.15, 0.2) is 48.8 Å². The lowest BCUT2D eigenvalue weighted by Gasteiger charge is -2.35. The molecule has 1 fully saturated rings. The molecular formula is C30H36FN7O4. The highest BCUT2D eigenvalue weighted by Gasteiger charge is 2.23. The number of piperidine rings is 1. The average molecular weight is 578 g/mol. The van der Waals surface area contributed by atoms with Gasteiger partial charge in [0.15, 0.2) is 17.3 Å². The Balaban J connectivity index is 1.42. The summed E-state index contributed by atoms with van der Waals surface area (Å²) in [4.78, 5) is 24.6.